The summed E-state index contributed by atoms with van der Waals surface area (Å²) in [4.78, 5) is 10.5. The first kappa shape index (κ1) is 22.2. The number of benzene rings is 3. The molecule has 0 radical (unpaired) electrons. The van der Waals surface area contributed by atoms with Crippen LogP contribution in [0.15, 0.2) is 78.9 Å². The van der Waals surface area contributed by atoms with E-state index in [0.29, 0.717) is 5.82 Å². The van der Waals surface area contributed by atoms with Crippen LogP contribution in [0.4, 0.5) is 0 Å². The topological polar surface area (TPSA) is 35.0 Å². The van der Waals surface area contributed by atoms with Crippen LogP contribution >= 0.6 is 11.3 Å². The fraction of sp³-hybridized carbons (Fsp3) is 0.290. The van der Waals surface area contributed by atoms with E-state index >= 15 is 0 Å². The van der Waals surface area contributed by atoms with Gasteiger partial charge >= 0.3 is 6.92 Å². The fourth-order valence-corrected chi connectivity index (χ4v) is 6.98. The Bertz CT molecular complexity index is 1590. The van der Waals surface area contributed by atoms with Crippen molar-refractivity contribution in [3.05, 3.63) is 84.7 Å². The third-order valence-electron chi connectivity index (χ3n) is 8.70. The SMILES string of the molecule is CC1(C)CC2B(OC1(C)C)C2c1nc(-c2ccc(-c3ccccc3)cc2)c2sc3ccccc3c2n1. The maximum Gasteiger partial charge on any atom is 0.307 e. The molecule has 4 heterocycles. The molecule has 5 heteroatoms. The van der Waals surface area contributed by atoms with Gasteiger partial charge in [0.05, 0.1) is 21.5 Å². The monoisotopic (exact) mass is 488 g/mol. The zero-order valence-corrected chi connectivity index (χ0v) is 22.0. The van der Waals surface area contributed by atoms with Crippen molar-refractivity contribution in [1.82, 2.24) is 9.97 Å². The van der Waals surface area contributed by atoms with Crippen LogP contribution in [0.3, 0.4) is 0 Å². The lowest BCUT2D eigenvalue weighted by Gasteiger charge is -2.45. The first-order valence-corrected chi connectivity index (χ1v) is 13.7. The number of hydrogen-bond acceptors (Lipinski definition) is 4. The molecule has 36 heavy (non-hydrogen) atoms. The summed E-state index contributed by atoms with van der Waals surface area (Å²) in [5, 5.41) is 1.22. The number of fused-ring (bicyclic) bond motifs is 4. The summed E-state index contributed by atoms with van der Waals surface area (Å²) in [6, 6.07) is 27.9. The largest absolute Gasteiger partial charge is 0.430 e. The molecule has 0 amide bonds. The molecule has 2 aliphatic heterocycles. The summed E-state index contributed by atoms with van der Waals surface area (Å²) in [6.45, 7) is 9.33. The van der Waals surface area contributed by atoms with Gasteiger partial charge in [-0.25, -0.2) is 9.97 Å². The summed E-state index contributed by atoms with van der Waals surface area (Å²) < 4.78 is 9.07. The molecule has 0 saturated carbocycles. The van der Waals surface area contributed by atoms with Gasteiger partial charge in [-0.1, -0.05) is 86.6 Å². The van der Waals surface area contributed by atoms with Crippen LogP contribution in [-0.4, -0.2) is 22.5 Å². The third-order valence-corrected chi connectivity index (χ3v) is 9.87. The van der Waals surface area contributed by atoms with Crippen molar-refractivity contribution >= 4 is 38.6 Å². The summed E-state index contributed by atoms with van der Waals surface area (Å²) in [5.74, 6) is 1.69. The highest BCUT2D eigenvalue weighted by Crippen LogP contribution is 2.64. The molecule has 2 saturated heterocycles. The first-order valence-electron chi connectivity index (χ1n) is 12.9. The molecular formula is C31H29BN2OS. The normalized spacial score (nSPS) is 22.1. The minimum absolute atomic E-state index is 0.123. The second-order valence-corrected chi connectivity index (χ2v) is 12.6. The highest BCUT2D eigenvalue weighted by Gasteiger charge is 2.66. The summed E-state index contributed by atoms with van der Waals surface area (Å²) in [5.41, 5.74) is 5.66. The maximum atomic E-state index is 6.64. The van der Waals surface area contributed by atoms with Crippen molar-refractivity contribution < 1.29 is 4.65 Å². The third kappa shape index (κ3) is 3.37. The number of rotatable bonds is 3. The smallest absolute Gasteiger partial charge is 0.307 e. The Morgan fingerprint density at radius 1 is 0.806 bits per heavy atom. The van der Waals surface area contributed by atoms with Crippen LogP contribution in [-0.2, 0) is 4.65 Å². The highest BCUT2D eigenvalue weighted by atomic mass is 32.1. The second kappa shape index (κ2) is 7.74. The van der Waals surface area contributed by atoms with Crippen LogP contribution in [0.2, 0.25) is 5.82 Å². The molecule has 0 spiro atoms. The van der Waals surface area contributed by atoms with Crippen LogP contribution < -0.4 is 0 Å². The molecule has 3 aromatic carbocycles. The molecule has 7 rings (SSSR count). The van der Waals surface area contributed by atoms with E-state index in [1.807, 2.05) is 0 Å². The van der Waals surface area contributed by atoms with E-state index in [2.05, 4.69) is 107 Å². The van der Waals surface area contributed by atoms with E-state index in [1.54, 1.807) is 11.3 Å². The van der Waals surface area contributed by atoms with Crippen molar-refractivity contribution in [2.24, 2.45) is 5.41 Å². The van der Waals surface area contributed by atoms with Gasteiger partial charge in [0.15, 0.2) is 0 Å². The van der Waals surface area contributed by atoms with Crippen molar-refractivity contribution in [3.63, 3.8) is 0 Å². The number of hydrogen-bond donors (Lipinski definition) is 0. The Morgan fingerprint density at radius 2 is 1.47 bits per heavy atom. The lowest BCUT2D eigenvalue weighted by molar-refractivity contribution is -0.0270. The van der Waals surface area contributed by atoms with Gasteiger partial charge in [0.25, 0.3) is 0 Å². The summed E-state index contributed by atoms with van der Waals surface area (Å²) in [6.07, 6.45) is 1.14. The van der Waals surface area contributed by atoms with Crippen LogP contribution in [0.1, 0.15) is 45.8 Å². The predicted molar refractivity (Wildman–Crippen MR) is 152 cm³/mol. The van der Waals surface area contributed by atoms with Crippen molar-refractivity contribution in [1.29, 1.82) is 0 Å². The van der Waals surface area contributed by atoms with E-state index in [1.165, 1.54) is 21.2 Å². The van der Waals surface area contributed by atoms with Gasteiger partial charge in [-0.3, -0.25) is 0 Å². The molecule has 0 aliphatic carbocycles. The molecule has 2 aromatic heterocycles. The Hall–Kier alpha value is -3.02. The molecule has 178 valence electrons. The van der Waals surface area contributed by atoms with Gasteiger partial charge in [0.2, 0.25) is 0 Å². The Balaban J connectivity index is 1.36. The van der Waals surface area contributed by atoms with Crippen molar-refractivity contribution in [2.75, 3.05) is 0 Å². The minimum Gasteiger partial charge on any atom is -0.430 e. The Labute approximate surface area is 216 Å². The number of aromatic nitrogens is 2. The second-order valence-electron chi connectivity index (χ2n) is 11.5. The fourth-order valence-electron chi connectivity index (χ4n) is 5.82. The van der Waals surface area contributed by atoms with Gasteiger partial charge in [0.1, 0.15) is 5.82 Å². The summed E-state index contributed by atoms with van der Waals surface area (Å²) in [7, 11) is 0. The summed E-state index contributed by atoms with van der Waals surface area (Å²) >= 11 is 1.79. The molecule has 2 aliphatic rings. The molecule has 3 nitrogen and oxygen atoms in total. The zero-order valence-electron chi connectivity index (χ0n) is 21.2. The van der Waals surface area contributed by atoms with E-state index in [4.69, 9.17) is 14.6 Å². The maximum absolute atomic E-state index is 6.64. The van der Waals surface area contributed by atoms with E-state index < -0.39 is 0 Å². The van der Waals surface area contributed by atoms with Crippen molar-refractivity contribution in [2.45, 2.75) is 51.4 Å². The average molecular weight is 488 g/mol. The molecule has 0 bridgehead atoms. The van der Waals surface area contributed by atoms with Crippen LogP contribution in [0.5, 0.6) is 0 Å². The minimum atomic E-state index is -0.155. The quantitative estimate of drug-likeness (QED) is 0.239. The predicted octanol–water partition coefficient (Wildman–Crippen LogP) is 8.40. The Kier molecular flexibility index (Phi) is 4.77. The number of thiophene rings is 1. The van der Waals surface area contributed by atoms with Gasteiger partial charge in [-0.15, -0.1) is 11.3 Å². The Morgan fingerprint density at radius 3 is 2.22 bits per heavy atom. The van der Waals surface area contributed by atoms with E-state index in [9.17, 15) is 0 Å². The van der Waals surface area contributed by atoms with Crippen LogP contribution in [0.25, 0.3) is 42.7 Å². The first-order chi connectivity index (χ1) is 17.3. The van der Waals surface area contributed by atoms with Gasteiger partial charge in [-0.2, -0.15) is 0 Å². The van der Waals surface area contributed by atoms with Crippen LogP contribution in [0, 0.1) is 5.41 Å². The molecule has 5 aromatic rings. The molecule has 2 unspecified atom stereocenters. The van der Waals surface area contributed by atoms with E-state index in [-0.39, 0.29) is 23.7 Å². The average Bonchev–Trinajstić information content (AvgIpc) is 3.39. The van der Waals surface area contributed by atoms with E-state index in [0.717, 1.165) is 33.7 Å². The lowest BCUT2D eigenvalue weighted by atomic mass is 9.65. The molecule has 2 fully saturated rings. The lowest BCUT2D eigenvalue weighted by Crippen LogP contribution is -2.46. The number of nitrogens with zero attached hydrogens (tertiary/aromatic N) is 2. The standard InChI is InChI=1S/C31H29BN2OS/c1-30(2)18-23-25(32(23)35-31(30,3)4)29-33-26(28-27(34-29)22-12-8-9-13-24(22)36-28)21-16-14-20(15-17-21)19-10-6-5-7-11-19/h5-17,23,25H,18H2,1-4H3. The molecular weight excluding hydrogens is 459 g/mol. The highest BCUT2D eigenvalue weighted by molar-refractivity contribution is 7.26. The zero-order chi connectivity index (χ0) is 24.7. The van der Waals surface area contributed by atoms with Crippen molar-refractivity contribution in [3.8, 4) is 22.4 Å². The molecule has 2 atom stereocenters. The molecule has 0 N–H and O–H groups in total. The van der Waals surface area contributed by atoms with Gasteiger partial charge in [0, 0.05) is 21.5 Å². The van der Waals surface area contributed by atoms with Gasteiger partial charge < -0.3 is 4.65 Å². The van der Waals surface area contributed by atoms with Gasteiger partial charge in [-0.05, 0) is 48.7 Å².